The molecular weight excluding hydrogens is 120 g/mol. The van der Waals surface area contributed by atoms with Crippen LogP contribution in [0.4, 0.5) is 0 Å². The zero-order valence-electron chi connectivity index (χ0n) is 7.98. The minimum atomic E-state index is 1.03. The predicted molar refractivity (Wildman–Crippen MR) is 48.1 cm³/mol. The molecule has 62 valence electrons. The van der Waals surface area contributed by atoms with Gasteiger partial charge in [-0.05, 0) is 18.3 Å². The second-order valence-electron chi connectivity index (χ2n) is 3.19. The Bertz CT molecular complexity index is 66.4. The average molecular weight is 142 g/mol. The fraction of sp³-hybridized carbons (Fsp3) is 1.00. The smallest absolute Gasteiger partial charge is 0.0414 e. The first-order chi connectivity index (χ1) is 4.83. The normalized spacial score (nSPS) is 31.2. The van der Waals surface area contributed by atoms with Crippen LogP contribution in [-0.2, 0) is 0 Å². The summed E-state index contributed by atoms with van der Waals surface area (Å²) in [6.07, 6.45) is 5.89. The Morgan fingerprint density at radius 1 is 1.20 bits per heavy atom. The Labute approximate surface area is 66.0 Å². The van der Waals surface area contributed by atoms with E-state index in [2.05, 4.69) is 13.8 Å². The predicted octanol–water partition coefficient (Wildman–Crippen LogP) is 3.86. The van der Waals surface area contributed by atoms with Crippen LogP contribution in [-0.4, -0.2) is 0 Å². The van der Waals surface area contributed by atoms with Crippen LogP contribution in [0.5, 0.6) is 0 Å². The van der Waals surface area contributed by atoms with Gasteiger partial charge in [0.2, 0.25) is 0 Å². The molecule has 0 radical (unpaired) electrons. The first-order valence-corrected chi connectivity index (χ1v) is 4.83. The Kier molecular flexibility index (Phi) is 5.76. The monoisotopic (exact) mass is 142 g/mol. The summed E-state index contributed by atoms with van der Waals surface area (Å²) in [5.41, 5.74) is 0. The largest absolute Gasteiger partial charge is 0.0683 e. The summed E-state index contributed by atoms with van der Waals surface area (Å²) in [4.78, 5) is 0. The molecule has 2 unspecified atom stereocenters. The average Bonchev–Trinajstić information content (AvgIpc) is 2.40. The highest BCUT2D eigenvalue weighted by Gasteiger charge is 2.18. The molecule has 0 heteroatoms. The van der Waals surface area contributed by atoms with Crippen molar-refractivity contribution < 1.29 is 0 Å². The molecule has 0 aromatic carbocycles. The van der Waals surface area contributed by atoms with Crippen LogP contribution in [0.3, 0.4) is 0 Å². The van der Waals surface area contributed by atoms with Crippen LogP contribution in [0.15, 0.2) is 0 Å². The fourth-order valence-corrected chi connectivity index (χ4v) is 1.70. The van der Waals surface area contributed by atoms with Crippen LogP contribution in [0.25, 0.3) is 0 Å². The Balaban J connectivity index is 0.000000371. The van der Waals surface area contributed by atoms with Crippen LogP contribution in [0, 0.1) is 11.8 Å². The Morgan fingerprint density at radius 3 is 2.00 bits per heavy atom. The molecule has 0 saturated heterocycles. The highest BCUT2D eigenvalue weighted by atomic mass is 14.2. The summed E-state index contributed by atoms with van der Waals surface area (Å²) in [6.45, 7) is 8.68. The van der Waals surface area contributed by atoms with Gasteiger partial charge in [-0.1, -0.05) is 47.0 Å². The third kappa shape index (κ3) is 3.24. The third-order valence-electron chi connectivity index (χ3n) is 2.38. The molecule has 0 aromatic heterocycles. The molecule has 1 fully saturated rings. The second-order valence-corrected chi connectivity index (χ2v) is 3.19. The highest BCUT2D eigenvalue weighted by Crippen LogP contribution is 2.31. The molecule has 1 aliphatic carbocycles. The van der Waals surface area contributed by atoms with E-state index in [9.17, 15) is 0 Å². The zero-order valence-corrected chi connectivity index (χ0v) is 7.98. The van der Waals surface area contributed by atoms with Crippen molar-refractivity contribution in [1.29, 1.82) is 0 Å². The molecule has 1 aliphatic rings. The molecule has 0 N–H and O–H groups in total. The van der Waals surface area contributed by atoms with Gasteiger partial charge in [-0.25, -0.2) is 0 Å². The van der Waals surface area contributed by atoms with Crippen molar-refractivity contribution in [3.8, 4) is 0 Å². The van der Waals surface area contributed by atoms with E-state index in [0.717, 1.165) is 11.8 Å². The van der Waals surface area contributed by atoms with Crippen molar-refractivity contribution in [2.75, 3.05) is 0 Å². The van der Waals surface area contributed by atoms with Gasteiger partial charge in [-0.15, -0.1) is 0 Å². The summed E-state index contributed by atoms with van der Waals surface area (Å²) < 4.78 is 0. The van der Waals surface area contributed by atoms with Gasteiger partial charge < -0.3 is 0 Å². The quantitative estimate of drug-likeness (QED) is 0.521. The first kappa shape index (κ1) is 10.0. The number of hydrogen-bond donors (Lipinski definition) is 0. The first-order valence-electron chi connectivity index (χ1n) is 4.83. The standard InChI is InChI=1S/C8H16.C2H6/c1-3-8-5-4-7(2)6-8;1-2/h7-8H,3-6H2,1-2H3;1-2H3. The molecule has 2 atom stereocenters. The van der Waals surface area contributed by atoms with E-state index in [1.165, 1.54) is 25.7 Å². The Morgan fingerprint density at radius 2 is 1.80 bits per heavy atom. The van der Waals surface area contributed by atoms with Gasteiger partial charge in [0.15, 0.2) is 0 Å². The van der Waals surface area contributed by atoms with Crippen LogP contribution >= 0.6 is 0 Å². The second kappa shape index (κ2) is 5.76. The van der Waals surface area contributed by atoms with Gasteiger partial charge in [-0.3, -0.25) is 0 Å². The van der Waals surface area contributed by atoms with Crippen molar-refractivity contribution in [2.24, 2.45) is 11.8 Å². The molecule has 0 spiro atoms. The molecule has 10 heavy (non-hydrogen) atoms. The van der Waals surface area contributed by atoms with E-state index < -0.39 is 0 Å². The summed E-state index contributed by atoms with van der Waals surface area (Å²) in [7, 11) is 0. The van der Waals surface area contributed by atoms with Gasteiger partial charge in [0.05, 0.1) is 0 Å². The molecule has 0 heterocycles. The van der Waals surface area contributed by atoms with Gasteiger partial charge in [-0.2, -0.15) is 0 Å². The minimum absolute atomic E-state index is 1.03. The van der Waals surface area contributed by atoms with E-state index in [1.807, 2.05) is 13.8 Å². The van der Waals surface area contributed by atoms with Crippen molar-refractivity contribution in [3.05, 3.63) is 0 Å². The number of hydrogen-bond acceptors (Lipinski definition) is 0. The minimum Gasteiger partial charge on any atom is -0.0683 e. The molecular formula is C10H22. The van der Waals surface area contributed by atoms with Crippen molar-refractivity contribution in [1.82, 2.24) is 0 Å². The fourth-order valence-electron chi connectivity index (χ4n) is 1.70. The van der Waals surface area contributed by atoms with E-state index in [0.29, 0.717) is 0 Å². The van der Waals surface area contributed by atoms with Crippen molar-refractivity contribution >= 4 is 0 Å². The molecule has 0 bridgehead atoms. The lowest BCUT2D eigenvalue weighted by Gasteiger charge is -2.02. The zero-order chi connectivity index (χ0) is 7.98. The molecule has 0 nitrogen and oxygen atoms in total. The van der Waals surface area contributed by atoms with E-state index in [4.69, 9.17) is 0 Å². The summed E-state index contributed by atoms with van der Waals surface area (Å²) in [5.74, 6) is 2.10. The van der Waals surface area contributed by atoms with Gasteiger partial charge in [0, 0.05) is 0 Å². The Hall–Kier alpha value is 0. The summed E-state index contributed by atoms with van der Waals surface area (Å²) >= 11 is 0. The van der Waals surface area contributed by atoms with Crippen molar-refractivity contribution in [2.45, 2.75) is 53.4 Å². The van der Waals surface area contributed by atoms with Gasteiger partial charge in [0.25, 0.3) is 0 Å². The summed E-state index contributed by atoms with van der Waals surface area (Å²) in [6, 6.07) is 0. The maximum Gasteiger partial charge on any atom is -0.0414 e. The van der Waals surface area contributed by atoms with E-state index in [1.54, 1.807) is 0 Å². The lowest BCUT2D eigenvalue weighted by molar-refractivity contribution is 0.501. The number of rotatable bonds is 1. The van der Waals surface area contributed by atoms with Gasteiger partial charge >= 0.3 is 0 Å². The molecule has 1 saturated carbocycles. The van der Waals surface area contributed by atoms with Crippen molar-refractivity contribution in [3.63, 3.8) is 0 Å². The molecule has 1 rings (SSSR count). The molecule has 0 amide bonds. The third-order valence-corrected chi connectivity index (χ3v) is 2.38. The van der Waals surface area contributed by atoms with E-state index >= 15 is 0 Å². The lowest BCUT2D eigenvalue weighted by Crippen LogP contribution is -1.89. The highest BCUT2D eigenvalue weighted by molar-refractivity contribution is 4.70. The molecule has 0 aliphatic heterocycles. The summed E-state index contributed by atoms with van der Waals surface area (Å²) in [5, 5.41) is 0. The maximum absolute atomic E-state index is 2.37. The lowest BCUT2D eigenvalue weighted by atomic mass is 10.0. The molecule has 0 aromatic rings. The van der Waals surface area contributed by atoms with Gasteiger partial charge in [0.1, 0.15) is 0 Å². The van der Waals surface area contributed by atoms with Crippen LogP contribution < -0.4 is 0 Å². The maximum atomic E-state index is 2.37. The SMILES string of the molecule is CC.CCC1CCC(C)C1. The van der Waals surface area contributed by atoms with Crippen LogP contribution in [0.1, 0.15) is 53.4 Å². The van der Waals surface area contributed by atoms with Crippen LogP contribution in [0.2, 0.25) is 0 Å². The van der Waals surface area contributed by atoms with E-state index in [-0.39, 0.29) is 0 Å². The topological polar surface area (TPSA) is 0 Å².